The van der Waals surface area contributed by atoms with Gasteiger partial charge in [0.1, 0.15) is 6.04 Å². The lowest BCUT2D eigenvalue weighted by molar-refractivity contribution is -0.140. The van der Waals surface area contributed by atoms with E-state index in [9.17, 15) is 18.0 Å². The summed E-state index contributed by atoms with van der Waals surface area (Å²) in [5, 5.41) is 3.71. The molecule has 2 aromatic carbocycles. The molecule has 0 bridgehead atoms. The van der Waals surface area contributed by atoms with Gasteiger partial charge in [-0.15, -0.1) is 0 Å². The normalized spacial score (nSPS) is 12.4. The van der Waals surface area contributed by atoms with Gasteiger partial charge in [0.15, 0.2) is 0 Å². The zero-order chi connectivity index (χ0) is 27.2. The second kappa shape index (κ2) is 12.8. The summed E-state index contributed by atoms with van der Waals surface area (Å²) < 4.78 is 26.3. The van der Waals surface area contributed by atoms with E-state index in [2.05, 4.69) is 5.32 Å². The van der Waals surface area contributed by atoms with E-state index in [0.717, 1.165) is 17.4 Å². The molecule has 0 aromatic heterocycles. The maximum Gasteiger partial charge on any atom is 0.242 e. The Bertz CT molecular complexity index is 1200. The molecule has 0 unspecified atom stereocenters. The SMILES string of the molecule is Cc1ccc(N(CCCC(=O)N(Cc2ccc(Cl)cc2Cl)[C@@H](C)C(=O)NC(C)C)S(C)(=O)=O)cc1C. The van der Waals surface area contributed by atoms with Crippen LogP contribution in [-0.2, 0) is 26.2 Å². The molecule has 0 aliphatic carbocycles. The van der Waals surface area contributed by atoms with Crippen LogP contribution >= 0.6 is 23.2 Å². The summed E-state index contributed by atoms with van der Waals surface area (Å²) in [7, 11) is -3.55. The van der Waals surface area contributed by atoms with E-state index in [4.69, 9.17) is 23.2 Å². The fourth-order valence-electron chi connectivity index (χ4n) is 3.71. The zero-order valence-corrected chi connectivity index (χ0v) is 24.0. The third-order valence-electron chi connectivity index (χ3n) is 5.88. The van der Waals surface area contributed by atoms with Gasteiger partial charge in [-0.25, -0.2) is 8.42 Å². The third-order valence-corrected chi connectivity index (χ3v) is 7.67. The minimum absolute atomic E-state index is 0.0569. The van der Waals surface area contributed by atoms with Crippen molar-refractivity contribution in [2.45, 2.75) is 66.1 Å². The summed E-state index contributed by atoms with van der Waals surface area (Å²) in [4.78, 5) is 27.5. The zero-order valence-electron chi connectivity index (χ0n) is 21.6. The summed E-state index contributed by atoms with van der Waals surface area (Å²) in [6.45, 7) is 9.49. The molecule has 1 atom stereocenters. The van der Waals surface area contributed by atoms with Gasteiger partial charge in [-0.3, -0.25) is 13.9 Å². The quantitative estimate of drug-likeness (QED) is 0.418. The first kappa shape index (κ1) is 29.9. The molecule has 2 amide bonds. The molecule has 1 N–H and O–H groups in total. The molecule has 0 aliphatic rings. The highest BCUT2D eigenvalue weighted by Gasteiger charge is 2.27. The van der Waals surface area contributed by atoms with E-state index < -0.39 is 16.1 Å². The number of halogens is 2. The van der Waals surface area contributed by atoms with Crippen molar-refractivity contribution >= 4 is 50.7 Å². The van der Waals surface area contributed by atoms with E-state index in [-0.39, 0.29) is 43.8 Å². The standard InChI is InChI=1S/C26H35Cl2N3O4S/c1-17(2)29-26(33)20(5)30(16-21-10-11-22(27)15-24(21)28)25(32)8-7-13-31(36(6,34)35)23-12-9-18(3)19(4)14-23/h9-12,14-15,17,20H,7-8,13,16H2,1-6H3,(H,29,33)/t20-/m0/s1. The van der Waals surface area contributed by atoms with Crippen LogP contribution in [0.5, 0.6) is 0 Å². The van der Waals surface area contributed by atoms with Crippen molar-refractivity contribution in [1.82, 2.24) is 10.2 Å². The average molecular weight is 557 g/mol. The lowest BCUT2D eigenvalue weighted by atomic mass is 10.1. The van der Waals surface area contributed by atoms with E-state index in [0.29, 0.717) is 21.3 Å². The molecule has 0 saturated heterocycles. The van der Waals surface area contributed by atoms with Crippen LogP contribution in [0.4, 0.5) is 5.69 Å². The topological polar surface area (TPSA) is 86.8 Å². The predicted octanol–water partition coefficient (Wildman–Crippen LogP) is 5.10. The van der Waals surface area contributed by atoms with E-state index >= 15 is 0 Å². The molecule has 0 spiro atoms. The van der Waals surface area contributed by atoms with Gasteiger partial charge < -0.3 is 10.2 Å². The van der Waals surface area contributed by atoms with Gasteiger partial charge in [0.25, 0.3) is 0 Å². The van der Waals surface area contributed by atoms with Crippen LogP contribution in [0.3, 0.4) is 0 Å². The van der Waals surface area contributed by atoms with Crippen molar-refractivity contribution < 1.29 is 18.0 Å². The Labute approximate surface area is 224 Å². The first-order chi connectivity index (χ1) is 16.7. The number of nitrogens with zero attached hydrogens (tertiary/aromatic N) is 2. The molecule has 0 heterocycles. The van der Waals surface area contributed by atoms with Crippen LogP contribution in [0.25, 0.3) is 0 Å². The summed E-state index contributed by atoms with van der Waals surface area (Å²) in [5.41, 5.74) is 3.26. The lowest BCUT2D eigenvalue weighted by Crippen LogP contribution is -2.49. The molecule has 0 saturated carbocycles. The van der Waals surface area contributed by atoms with Crippen molar-refractivity contribution in [3.8, 4) is 0 Å². The highest BCUT2D eigenvalue weighted by atomic mass is 35.5. The van der Waals surface area contributed by atoms with Crippen molar-refractivity contribution in [3.63, 3.8) is 0 Å². The Morgan fingerprint density at radius 2 is 1.67 bits per heavy atom. The van der Waals surface area contributed by atoms with Gasteiger partial charge in [-0.05, 0) is 82.0 Å². The van der Waals surface area contributed by atoms with Gasteiger partial charge in [0, 0.05) is 35.6 Å². The lowest BCUT2D eigenvalue weighted by Gasteiger charge is -2.30. The Hall–Kier alpha value is -2.29. The minimum atomic E-state index is -3.55. The van der Waals surface area contributed by atoms with Crippen molar-refractivity contribution in [2.75, 3.05) is 17.1 Å². The maximum absolute atomic E-state index is 13.3. The predicted molar refractivity (Wildman–Crippen MR) is 147 cm³/mol. The van der Waals surface area contributed by atoms with Gasteiger partial charge in [-0.1, -0.05) is 35.3 Å². The van der Waals surface area contributed by atoms with Crippen molar-refractivity contribution in [1.29, 1.82) is 0 Å². The summed E-state index contributed by atoms with van der Waals surface area (Å²) in [6.07, 6.45) is 1.49. The molecule has 10 heteroatoms. The number of rotatable bonds is 11. The fraction of sp³-hybridized carbons (Fsp3) is 0.462. The number of carbonyl (C=O) groups is 2. The first-order valence-corrected chi connectivity index (χ1v) is 14.4. The average Bonchev–Trinajstić information content (AvgIpc) is 2.76. The number of hydrogen-bond acceptors (Lipinski definition) is 4. The molecule has 198 valence electrons. The number of hydrogen-bond donors (Lipinski definition) is 1. The fourth-order valence-corrected chi connectivity index (χ4v) is 5.13. The first-order valence-electron chi connectivity index (χ1n) is 11.8. The van der Waals surface area contributed by atoms with E-state index in [1.54, 1.807) is 31.2 Å². The minimum Gasteiger partial charge on any atom is -0.352 e. The Morgan fingerprint density at radius 3 is 2.22 bits per heavy atom. The van der Waals surface area contributed by atoms with Gasteiger partial charge in [0.2, 0.25) is 21.8 Å². The number of sulfonamides is 1. The van der Waals surface area contributed by atoms with Crippen LogP contribution in [0.15, 0.2) is 36.4 Å². The molecular formula is C26H35Cl2N3O4S. The summed E-state index contributed by atoms with van der Waals surface area (Å²) >= 11 is 12.3. The molecule has 0 fully saturated rings. The van der Waals surface area contributed by atoms with Crippen LogP contribution < -0.4 is 9.62 Å². The Balaban J connectivity index is 2.22. The maximum atomic E-state index is 13.3. The monoisotopic (exact) mass is 555 g/mol. The van der Waals surface area contributed by atoms with Crippen molar-refractivity contribution in [2.24, 2.45) is 0 Å². The van der Waals surface area contributed by atoms with Crippen LogP contribution in [-0.4, -0.2) is 50.0 Å². The van der Waals surface area contributed by atoms with Crippen LogP contribution in [0.2, 0.25) is 10.0 Å². The Kier molecular flexibility index (Phi) is 10.6. The van der Waals surface area contributed by atoms with E-state index in [1.165, 1.54) is 9.21 Å². The van der Waals surface area contributed by atoms with Gasteiger partial charge in [0.05, 0.1) is 11.9 Å². The molecule has 2 rings (SSSR count). The van der Waals surface area contributed by atoms with Crippen LogP contribution in [0.1, 0.15) is 50.3 Å². The number of aryl methyl sites for hydroxylation is 2. The number of carbonyl (C=O) groups excluding carboxylic acids is 2. The highest BCUT2D eigenvalue weighted by molar-refractivity contribution is 7.92. The third kappa shape index (κ3) is 8.39. The molecular weight excluding hydrogens is 521 g/mol. The number of anilines is 1. The van der Waals surface area contributed by atoms with Gasteiger partial charge >= 0.3 is 0 Å². The highest BCUT2D eigenvalue weighted by Crippen LogP contribution is 2.25. The largest absolute Gasteiger partial charge is 0.352 e. The van der Waals surface area contributed by atoms with Crippen LogP contribution in [0, 0.1) is 13.8 Å². The number of nitrogens with one attached hydrogen (secondary N) is 1. The summed E-state index contributed by atoms with van der Waals surface area (Å²) in [6, 6.07) is 9.62. The molecule has 7 nitrogen and oxygen atoms in total. The molecule has 0 aliphatic heterocycles. The second-order valence-corrected chi connectivity index (χ2v) is 12.1. The second-order valence-electron chi connectivity index (χ2n) is 9.30. The van der Waals surface area contributed by atoms with E-state index in [1.807, 2.05) is 39.8 Å². The van der Waals surface area contributed by atoms with Crippen molar-refractivity contribution in [3.05, 3.63) is 63.1 Å². The molecule has 36 heavy (non-hydrogen) atoms. The van der Waals surface area contributed by atoms with Gasteiger partial charge in [-0.2, -0.15) is 0 Å². The number of amides is 2. The number of benzene rings is 2. The molecule has 0 radical (unpaired) electrons. The summed E-state index contributed by atoms with van der Waals surface area (Å²) in [5.74, 6) is -0.558. The molecule has 2 aromatic rings. The smallest absolute Gasteiger partial charge is 0.242 e. The Morgan fingerprint density at radius 1 is 1.00 bits per heavy atom.